The molecule has 17 heavy (non-hydrogen) atoms. The predicted molar refractivity (Wildman–Crippen MR) is 66.5 cm³/mol. The van der Waals surface area contributed by atoms with Gasteiger partial charge < -0.3 is 4.74 Å². The molecule has 88 valence electrons. The van der Waals surface area contributed by atoms with Crippen molar-refractivity contribution in [3.05, 3.63) is 55.6 Å². The average molecular weight is 297 g/mol. The maximum atomic E-state index is 11.6. The molecule has 1 N–H and O–H groups in total. The molecule has 0 aliphatic carbocycles. The van der Waals surface area contributed by atoms with Crippen LogP contribution in [0.25, 0.3) is 0 Å². The minimum Gasteiger partial charge on any atom is -0.439 e. The van der Waals surface area contributed by atoms with Crippen LogP contribution >= 0.6 is 15.9 Å². The van der Waals surface area contributed by atoms with Gasteiger partial charge in [-0.1, -0.05) is 18.2 Å². The molecule has 0 spiro atoms. The Hall–Kier alpha value is -1.82. The first-order chi connectivity index (χ1) is 8.09. The van der Waals surface area contributed by atoms with E-state index in [2.05, 4.69) is 20.9 Å². The number of aromatic amines is 1. The van der Waals surface area contributed by atoms with Gasteiger partial charge in [0.1, 0.15) is 10.2 Å². The number of nitrogens with one attached hydrogen (secondary N) is 1. The molecule has 5 nitrogen and oxygen atoms in total. The number of H-pyrrole nitrogens is 1. The Morgan fingerprint density at radius 2 is 1.88 bits per heavy atom. The summed E-state index contributed by atoms with van der Waals surface area (Å²) in [6.45, 7) is 0. The van der Waals surface area contributed by atoms with Crippen molar-refractivity contribution in [2.45, 2.75) is 0 Å². The number of benzene rings is 1. The van der Waals surface area contributed by atoms with Gasteiger partial charge in [0.2, 0.25) is 5.88 Å². The molecule has 0 saturated heterocycles. The number of hydrogen-bond donors (Lipinski definition) is 1. The fourth-order valence-corrected chi connectivity index (χ4v) is 1.70. The molecule has 2 aromatic rings. The average Bonchev–Trinajstić information content (AvgIpc) is 2.35. The van der Waals surface area contributed by atoms with E-state index in [1.54, 1.807) is 24.3 Å². The molecule has 0 aliphatic rings. The summed E-state index contributed by atoms with van der Waals surface area (Å²) in [5.41, 5.74) is -0.969. The first-order valence-corrected chi connectivity index (χ1v) is 5.60. The van der Waals surface area contributed by atoms with Crippen molar-refractivity contribution in [3.8, 4) is 11.6 Å². The molecule has 1 aromatic heterocycles. The normalized spacial score (nSPS) is 10.2. The second kappa shape index (κ2) is 4.58. The molecule has 0 amide bonds. The summed E-state index contributed by atoms with van der Waals surface area (Å²) < 4.78 is 6.55. The van der Waals surface area contributed by atoms with Gasteiger partial charge in [-0.25, -0.2) is 4.79 Å². The van der Waals surface area contributed by atoms with Gasteiger partial charge >= 0.3 is 5.69 Å². The monoisotopic (exact) mass is 296 g/mol. The van der Waals surface area contributed by atoms with Crippen LogP contribution in [0.4, 0.5) is 0 Å². The van der Waals surface area contributed by atoms with E-state index in [9.17, 15) is 9.59 Å². The zero-order chi connectivity index (χ0) is 12.4. The van der Waals surface area contributed by atoms with Crippen molar-refractivity contribution in [2.24, 2.45) is 7.05 Å². The van der Waals surface area contributed by atoms with E-state index >= 15 is 0 Å². The standard InChI is InChI=1S/C11H9BrN2O3/c1-14-10(15)8(12)9(13-11(14)16)17-7-5-3-2-4-6-7/h2-6H,1H3,(H,13,16). The third kappa shape index (κ3) is 2.31. The Bertz CT molecular complexity index is 646. The van der Waals surface area contributed by atoms with Crippen LogP contribution in [0.3, 0.4) is 0 Å². The Kier molecular flexibility index (Phi) is 3.14. The highest BCUT2D eigenvalue weighted by atomic mass is 79.9. The zero-order valence-electron chi connectivity index (χ0n) is 8.94. The zero-order valence-corrected chi connectivity index (χ0v) is 10.5. The van der Waals surface area contributed by atoms with E-state index in [0.29, 0.717) is 5.75 Å². The second-order valence-electron chi connectivity index (χ2n) is 3.35. The molecule has 0 radical (unpaired) electrons. The summed E-state index contributed by atoms with van der Waals surface area (Å²) in [4.78, 5) is 25.5. The van der Waals surface area contributed by atoms with Crippen LogP contribution in [0.2, 0.25) is 0 Å². The van der Waals surface area contributed by atoms with Crippen LogP contribution in [-0.2, 0) is 7.05 Å². The molecule has 0 saturated carbocycles. The van der Waals surface area contributed by atoms with Crippen LogP contribution < -0.4 is 16.0 Å². The van der Waals surface area contributed by atoms with Crippen molar-refractivity contribution >= 4 is 15.9 Å². The molecule has 6 heteroatoms. The fraction of sp³-hybridized carbons (Fsp3) is 0.0909. The summed E-state index contributed by atoms with van der Waals surface area (Å²) in [6, 6.07) is 8.88. The highest BCUT2D eigenvalue weighted by Crippen LogP contribution is 2.22. The number of ether oxygens (including phenoxy) is 1. The van der Waals surface area contributed by atoms with E-state index in [-0.39, 0.29) is 10.4 Å². The largest absolute Gasteiger partial charge is 0.439 e. The van der Waals surface area contributed by atoms with E-state index in [4.69, 9.17) is 4.74 Å². The first kappa shape index (κ1) is 11.7. The summed E-state index contributed by atoms with van der Waals surface area (Å²) in [6.07, 6.45) is 0. The number of halogens is 1. The van der Waals surface area contributed by atoms with Crippen LogP contribution in [0, 0.1) is 0 Å². The number of para-hydroxylation sites is 1. The van der Waals surface area contributed by atoms with E-state index in [1.807, 2.05) is 6.07 Å². The molecule has 0 bridgehead atoms. The lowest BCUT2D eigenvalue weighted by Gasteiger charge is -2.07. The van der Waals surface area contributed by atoms with Gasteiger partial charge in [0.25, 0.3) is 5.56 Å². The van der Waals surface area contributed by atoms with Crippen molar-refractivity contribution in [1.29, 1.82) is 0 Å². The summed E-state index contributed by atoms with van der Waals surface area (Å²) >= 11 is 3.09. The Balaban J connectivity index is 2.48. The highest BCUT2D eigenvalue weighted by Gasteiger charge is 2.11. The Labute approximate surface area is 105 Å². The lowest BCUT2D eigenvalue weighted by atomic mass is 10.3. The van der Waals surface area contributed by atoms with Crippen LogP contribution in [0.15, 0.2) is 44.4 Å². The third-order valence-electron chi connectivity index (χ3n) is 2.18. The first-order valence-electron chi connectivity index (χ1n) is 4.81. The predicted octanol–water partition coefficient (Wildman–Crippen LogP) is 1.63. The minimum atomic E-state index is -0.524. The molecule has 0 fully saturated rings. The molecule has 0 atom stereocenters. The van der Waals surface area contributed by atoms with Gasteiger partial charge in [-0.2, -0.15) is 0 Å². The van der Waals surface area contributed by atoms with Gasteiger partial charge in [0, 0.05) is 7.05 Å². The molecular weight excluding hydrogens is 288 g/mol. The highest BCUT2D eigenvalue weighted by molar-refractivity contribution is 9.10. The molecule has 0 unspecified atom stereocenters. The van der Waals surface area contributed by atoms with Crippen LogP contribution in [0.1, 0.15) is 0 Å². The SMILES string of the molecule is Cn1c(=O)[nH]c(Oc2ccccc2)c(Br)c1=O. The Morgan fingerprint density at radius 3 is 2.53 bits per heavy atom. The number of rotatable bonds is 2. The maximum absolute atomic E-state index is 11.6. The maximum Gasteiger partial charge on any atom is 0.330 e. The van der Waals surface area contributed by atoms with Crippen molar-refractivity contribution in [1.82, 2.24) is 9.55 Å². The van der Waals surface area contributed by atoms with Gasteiger partial charge in [0.15, 0.2) is 0 Å². The molecule has 1 aromatic carbocycles. The van der Waals surface area contributed by atoms with Gasteiger partial charge in [-0.3, -0.25) is 14.3 Å². The quantitative estimate of drug-likeness (QED) is 0.916. The summed E-state index contributed by atoms with van der Waals surface area (Å²) in [5, 5.41) is 0. The number of hydrogen-bond acceptors (Lipinski definition) is 3. The number of aromatic nitrogens is 2. The topological polar surface area (TPSA) is 64.1 Å². The molecular formula is C11H9BrN2O3. The Morgan fingerprint density at radius 1 is 1.24 bits per heavy atom. The second-order valence-corrected chi connectivity index (χ2v) is 4.15. The summed E-state index contributed by atoms with van der Waals surface area (Å²) in [5.74, 6) is 0.640. The van der Waals surface area contributed by atoms with Crippen molar-refractivity contribution < 1.29 is 4.74 Å². The minimum absolute atomic E-state index is 0.101. The van der Waals surface area contributed by atoms with Crippen molar-refractivity contribution in [2.75, 3.05) is 0 Å². The third-order valence-corrected chi connectivity index (χ3v) is 2.88. The van der Waals surface area contributed by atoms with E-state index in [1.165, 1.54) is 7.05 Å². The molecule has 1 heterocycles. The van der Waals surface area contributed by atoms with E-state index < -0.39 is 11.2 Å². The smallest absolute Gasteiger partial charge is 0.330 e. The van der Waals surface area contributed by atoms with Crippen LogP contribution in [0.5, 0.6) is 11.6 Å². The van der Waals surface area contributed by atoms with Gasteiger partial charge in [-0.05, 0) is 28.1 Å². The van der Waals surface area contributed by atoms with Gasteiger partial charge in [0.05, 0.1) is 0 Å². The van der Waals surface area contributed by atoms with Crippen molar-refractivity contribution in [3.63, 3.8) is 0 Å². The lowest BCUT2D eigenvalue weighted by Crippen LogP contribution is -2.33. The number of nitrogens with zero attached hydrogens (tertiary/aromatic N) is 1. The van der Waals surface area contributed by atoms with Crippen LogP contribution in [-0.4, -0.2) is 9.55 Å². The van der Waals surface area contributed by atoms with Gasteiger partial charge in [-0.15, -0.1) is 0 Å². The fourth-order valence-electron chi connectivity index (χ4n) is 1.25. The summed E-state index contributed by atoms with van der Waals surface area (Å²) in [7, 11) is 1.39. The lowest BCUT2D eigenvalue weighted by molar-refractivity contribution is 0.450. The van der Waals surface area contributed by atoms with E-state index in [0.717, 1.165) is 4.57 Å². The molecule has 0 aliphatic heterocycles. The molecule has 2 rings (SSSR count).